The first-order valence-corrected chi connectivity index (χ1v) is 6.47. The number of hydrogen-bond acceptors (Lipinski definition) is 2. The highest BCUT2D eigenvalue weighted by Crippen LogP contribution is 2.03. The number of hydrogen-bond donors (Lipinski definition) is 1. The Morgan fingerprint density at radius 3 is 2.13 bits per heavy atom. The highest BCUT2D eigenvalue weighted by Gasteiger charge is 2.02. The van der Waals surface area contributed by atoms with Crippen LogP contribution in [0.25, 0.3) is 0 Å². The van der Waals surface area contributed by atoms with E-state index in [4.69, 9.17) is 5.11 Å². The van der Waals surface area contributed by atoms with E-state index in [1.165, 1.54) is 38.5 Å². The Bertz CT molecular complexity index is 117. The summed E-state index contributed by atoms with van der Waals surface area (Å²) in [6.07, 6.45) is 8.69. The van der Waals surface area contributed by atoms with Gasteiger partial charge in [0.05, 0.1) is 6.61 Å². The number of aliphatic hydroxyl groups is 1. The van der Waals surface area contributed by atoms with E-state index in [0.29, 0.717) is 0 Å². The zero-order valence-corrected chi connectivity index (χ0v) is 10.4. The topological polar surface area (TPSA) is 23.5 Å². The molecule has 0 fully saturated rings. The molecule has 0 heterocycles. The SMILES string of the molecule is [CH2]CCCCN(CCO)CCCCCC. The second-order valence-corrected chi connectivity index (χ2v) is 4.19. The molecular formula is C13H28NO. The lowest BCUT2D eigenvalue weighted by Gasteiger charge is -2.20. The van der Waals surface area contributed by atoms with E-state index in [1.807, 2.05) is 0 Å². The number of unbranched alkanes of at least 4 members (excludes halogenated alkanes) is 5. The fraction of sp³-hybridized carbons (Fsp3) is 0.923. The maximum Gasteiger partial charge on any atom is 0.0558 e. The molecule has 0 unspecified atom stereocenters. The van der Waals surface area contributed by atoms with Gasteiger partial charge in [-0.2, -0.15) is 0 Å². The standard InChI is InChI=1S/C13H28NO/c1-3-5-7-9-11-14(12-13-15)10-8-6-4-2/h15H,2-13H2,1H3. The molecule has 0 aromatic rings. The summed E-state index contributed by atoms with van der Waals surface area (Å²) in [5.41, 5.74) is 0. The lowest BCUT2D eigenvalue weighted by molar-refractivity contribution is 0.191. The van der Waals surface area contributed by atoms with Crippen molar-refractivity contribution >= 4 is 0 Å². The second kappa shape index (κ2) is 12.0. The van der Waals surface area contributed by atoms with E-state index in [1.54, 1.807) is 0 Å². The van der Waals surface area contributed by atoms with Gasteiger partial charge in [-0.05, 0) is 25.9 Å². The van der Waals surface area contributed by atoms with Crippen LogP contribution in [0, 0.1) is 6.92 Å². The summed E-state index contributed by atoms with van der Waals surface area (Å²) in [5.74, 6) is 0. The predicted molar refractivity (Wildman–Crippen MR) is 66.9 cm³/mol. The molecule has 0 aliphatic rings. The summed E-state index contributed by atoms with van der Waals surface area (Å²) >= 11 is 0. The molecule has 1 radical (unpaired) electrons. The molecule has 2 nitrogen and oxygen atoms in total. The maximum atomic E-state index is 8.94. The van der Waals surface area contributed by atoms with E-state index in [2.05, 4.69) is 18.7 Å². The number of rotatable bonds is 11. The third-order valence-electron chi connectivity index (χ3n) is 2.72. The Hall–Kier alpha value is -0.0800. The van der Waals surface area contributed by atoms with Gasteiger partial charge in [-0.25, -0.2) is 0 Å². The molecule has 0 aromatic carbocycles. The minimum Gasteiger partial charge on any atom is -0.395 e. The molecule has 0 rings (SSSR count). The lowest BCUT2D eigenvalue weighted by Crippen LogP contribution is -2.29. The molecule has 0 bridgehead atoms. The Morgan fingerprint density at radius 1 is 0.933 bits per heavy atom. The minimum atomic E-state index is 0.290. The van der Waals surface area contributed by atoms with E-state index in [9.17, 15) is 0 Å². The van der Waals surface area contributed by atoms with Crippen molar-refractivity contribution in [2.75, 3.05) is 26.2 Å². The second-order valence-electron chi connectivity index (χ2n) is 4.19. The highest BCUT2D eigenvalue weighted by molar-refractivity contribution is 4.58. The van der Waals surface area contributed by atoms with Gasteiger partial charge in [0.15, 0.2) is 0 Å². The van der Waals surface area contributed by atoms with E-state index in [0.717, 1.165) is 26.1 Å². The van der Waals surface area contributed by atoms with Gasteiger partial charge in [-0.3, -0.25) is 0 Å². The van der Waals surface area contributed by atoms with Crippen LogP contribution in [-0.2, 0) is 0 Å². The Morgan fingerprint density at radius 2 is 1.60 bits per heavy atom. The van der Waals surface area contributed by atoms with Crippen LogP contribution in [0.4, 0.5) is 0 Å². The van der Waals surface area contributed by atoms with Gasteiger partial charge in [0.25, 0.3) is 0 Å². The zero-order chi connectivity index (χ0) is 11.4. The summed E-state index contributed by atoms with van der Waals surface area (Å²) in [6, 6.07) is 0. The third kappa shape index (κ3) is 10.2. The quantitative estimate of drug-likeness (QED) is 0.535. The van der Waals surface area contributed by atoms with Crippen molar-refractivity contribution in [3.63, 3.8) is 0 Å². The van der Waals surface area contributed by atoms with Crippen LogP contribution in [0.3, 0.4) is 0 Å². The first-order valence-electron chi connectivity index (χ1n) is 6.47. The molecule has 15 heavy (non-hydrogen) atoms. The first-order chi connectivity index (χ1) is 7.35. The van der Waals surface area contributed by atoms with Gasteiger partial charge in [-0.1, -0.05) is 46.0 Å². The molecule has 0 amide bonds. The van der Waals surface area contributed by atoms with Gasteiger partial charge in [0.2, 0.25) is 0 Å². The zero-order valence-electron chi connectivity index (χ0n) is 10.4. The smallest absolute Gasteiger partial charge is 0.0558 e. The minimum absolute atomic E-state index is 0.290. The molecule has 0 atom stereocenters. The van der Waals surface area contributed by atoms with Crippen molar-refractivity contribution in [3.05, 3.63) is 6.92 Å². The largest absolute Gasteiger partial charge is 0.395 e. The van der Waals surface area contributed by atoms with Crippen molar-refractivity contribution < 1.29 is 5.11 Å². The summed E-state index contributed by atoms with van der Waals surface area (Å²) in [6.45, 7) is 9.49. The fourth-order valence-corrected chi connectivity index (χ4v) is 1.75. The number of nitrogens with zero attached hydrogens (tertiary/aromatic N) is 1. The van der Waals surface area contributed by atoms with Crippen molar-refractivity contribution in [2.24, 2.45) is 0 Å². The summed E-state index contributed by atoms with van der Waals surface area (Å²) in [5, 5.41) is 8.94. The van der Waals surface area contributed by atoms with Gasteiger partial charge in [0, 0.05) is 6.54 Å². The molecule has 91 valence electrons. The Labute approximate surface area is 95.7 Å². The van der Waals surface area contributed by atoms with E-state index >= 15 is 0 Å². The fourth-order valence-electron chi connectivity index (χ4n) is 1.75. The van der Waals surface area contributed by atoms with Crippen LogP contribution in [0.15, 0.2) is 0 Å². The van der Waals surface area contributed by atoms with Crippen molar-refractivity contribution in [2.45, 2.75) is 51.9 Å². The highest BCUT2D eigenvalue weighted by atomic mass is 16.3. The molecule has 2 heteroatoms. The van der Waals surface area contributed by atoms with Gasteiger partial charge >= 0.3 is 0 Å². The van der Waals surface area contributed by atoms with Crippen molar-refractivity contribution in [3.8, 4) is 0 Å². The maximum absolute atomic E-state index is 8.94. The predicted octanol–water partition coefficient (Wildman–Crippen LogP) is 2.87. The average Bonchev–Trinajstić information content (AvgIpc) is 2.24. The third-order valence-corrected chi connectivity index (χ3v) is 2.72. The lowest BCUT2D eigenvalue weighted by atomic mass is 10.2. The summed E-state index contributed by atoms with van der Waals surface area (Å²) < 4.78 is 0. The normalized spacial score (nSPS) is 11.2. The van der Waals surface area contributed by atoms with Crippen LogP contribution in [0.1, 0.15) is 51.9 Å². The molecule has 0 saturated heterocycles. The molecule has 0 aliphatic heterocycles. The Kier molecular flexibility index (Phi) is 11.9. The van der Waals surface area contributed by atoms with Crippen molar-refractivity contribution in [1.82, 2.24) is 4.90 Å². The average molecular weight is 214 g/mol. The molecule has 0 aliphatic carbocycles. The van der Waals surface area contributed by atoms with E-state index in [-0.39, 0.29) is 6.61 Å². The molecular weight excluding hydrogens is 186 g/mol. The van der Waals surface area contributed by atoms with Crippen LogP contribution in [0.5, 0.6) is 0 Å². The molecule has 1 N–H and O–H groups in total. The van der Waals surface area contributed by atoms with Crippen LogP contribution in [0.2, 0.25) is 0 Å². The number of aliphatic hydroxyl groups excluding tert-OH is 1. The van der Waals surface area contributed by atoms with Gasteiger partial charge in [-0.15, -0.1) is 0 Å². The van der Waals surface area contributed by atoms with Gasteiger partial charge in [0.1, 0.15) is 0 Å². The Balaban J connectivity index is 3.44. The molecule has 0 spiro atoms. The van der Waals surface area contributed by atoms with Crippen LogP contribution >= 0.6 is 0 Å². The molecule has 0 saturated carbocycles. The molecule has 0 aromatic heterocycles. The van der Waals surface area contributed by atoms with Crippen molar-refractivity contribution in [1.29, 1.82) is 0 Å². The van der Waals surface area contributed by atoms with Crippen LogP contribution in [-0.4, -0.2) is 36.2 Å². The monoisotopic (exact) mass is 214 g/mol. The van der Waals surface area contributed by atoms with Gasteiger partial charge < -0.3 is 10.0 Å². The van der Waals surface area contributed by atoms with E-state index < -0.39 is 0 Å². The summed E-state index contributed by atoms with van der Waals surface area (Å²) in [4.78, 5) is 2.38. The first kappa shape index (κ1) is 14.9. The summed E-state index contributed by atoms with van der Waals surface area (Å²) in [7, 11) is 0. The van der Waals surface area contributed by atoms with Crippen LogP contribution < -0.4 is 0 Å².